The van der Waals surface area contributed by atoms with Crippen LogP contribution in [-0.2, 0) is 16.0 Å². The largest absolute Gasteiger partial charge is 0.354 e. The normalized spacial score (nSPS) is 15.6. The number of hydrogen-bond acceptors (Lipinski definition) is 5. The van der Waals surface area contributed by atoms with Gasteiger partial charge in [0.1, 0.15) is 6.04 Å². The minimum atomic E-state index is -0.524. The van der Waals surface area contributed by atoms with Crippen molar-refractivity contribution < 1.29 is 9.59 Å². The lowest BCUT2D eigenvalue weighted by atomic mass is 10.1. The SMILES string of the molecule is O=C(CCN1c2ccccc2Sc2ccccc21)N[C@@H](CCCN1CCCCC1)C(=O)NCCc1ccccc1. The van der Waals surface area contributed by atoms with Crippen LogP contribution in [0.5, 0.6) is 0 Å². The first-order chi connectivity index (χ1) is 19.7. The number of amides is 2. The standard InChI is InChI=1S/C33H40N4O2S/c38-32(20-25-37-28-15-5-7-17-30(28)40-31-18-8-6-16-29(31)37)35-27(14-11-24-36-22-9-2-10-23-36)33(39)34-21-19-26-12-3-1-4-13-26/h1,3-8,12-13,15-18,27H,2,9-11,14,19-25H2,(H,34,39)(H,35,38)/t27-/m0/s1. The van der Waals surface area contributed by atoms with Crippen LogP contribution in [0.1, 0.15) is 44.1 Å². The summed E-state index contributed by atoms with van der Waals surface area (Å²) in [6.45, 7) is 4.36. The average molecular weight is 557 g/mol. The predicted molar refractivity (Wildman–Crippen MR) is 163 cm³/mol. The molecule has 0 aromatic heterocycles. The third kappa shape index (κ3) is 7.67. The molecule has 2 heterocycles. The highest BCUT2D eigenvalue weighted by molar-refractivity contribution is 7.99. The van der Waals surface area contributed by atoms with E-state index in [-0.39, 0.29) is 11.8 Å². The summed E-state index contributed by atoms with van der Waals surface area (Å²) in [6, 6.07) is 26.3. The first kappa shape index (κ1) is 28.2. The topological polar surface area (TPSA) is 64.7 Å². The maximum atomic E-state index is 13.3. The van der Waals surface area contributed by atoms with Gasteiger partial charge in [-0.1, -0.05) is 72.8 Å². The van der Waals surface area contributed by atoms with E-state index in [0.29, 0.717) is 25.9 Å². The third-order valence-corrected chi connectivity index (χ3v) is 8.85. The fourth-order valence-corrected chi connectivity index (χ4v) is 6.67. The van der Waals surface area contributed by atoms with Gasteiger partial charge >= 0.3 is 0 Å². The molecule has 0 spiro atoms. The maximum Gasteiger partial charge on any atom is 0.242 e. The van der Waals surface area contributed by atoms with Crippen molar-refractivity contribution >= 4 is 35.0 Å². The number of para-hydroxylation sites is 2. The lowest BCUT2D eigenvalue weighted by Crippen LogP contribution is -2.48. The highest BCUT2D eigenvalue weighted by Gasteiger charge is 2.25. The van der Waals surface area contributed by atoms with Crippen molar-refractivity contribution in [1.82, 2.24) is 15.5 Å². The minimum Gasteiger partial charge on any atom is -0.354 e. The maximum absolute atomic E-state index is 13.3. The van der Waals surface area contributed by atoms with Crippen molar-refractivity contribution in [3.8, 4) is 0 Å². The summed E-state index contributed by atoms with van der Waals surface area (Å²) < 4.78 is 0. The van der Waals surface area contributed by atoms with E-state index in [1.54, 1.807) is 11.8 Å². The Morgan fingerprint density at radius 3 is 2.15 bits per heavy atom. The number of piperidine rings is 1. The molecule has 0 saturated carbocycles. The highest BCUT2D eigenvalue weighted by Crippen LogP contribution is 2.47. The molecule has 7 heteroatoms. The summed E-state index contributed by atoms with van der Waals surface area (Å²) in [5, 5.41) is 6.17. The van der Waals surface area contributed by atoms with Gasteiger partial charge in [-0.2, -0.15) is 0 Å². The van der Waals surface area contributed by atoms with Gasteiger partial charge in [0.2, 0.25) is 11.8 Å². The molecule has 2 N–H and O–H groups in total. The molecular weight excluding hydrogens is 516 g/mol. The van der Waals surface area contributed by atoms with E-state index in [1.807, 2.05) is 30.3 Å². The molecule has 1 saturated heterocycles. The van der Waals surface area contributed by atoms with E-state index in [4.69, 9.17) is 0 Å². The van der Waals surface area contributed by atoms with E-state index in [9.17, 15) is 9.59 Å². The van der Waals surface area contributed by atoms with Crippen molar-refractivity contribution in [2.24, 2.45) is 0 Å². The van der Waals surface area contributed by atoms with Crippen molar-refractivity contribution in [2.75, 3.05) is 37.6 Å². The molecule has 6 nitrogen and oxygen atoms in total. The molecule has 3 aromatic rings. The summed E-state index contributed by atoms with van der Waals surface area (Å²) in [6.07, 6.45) is 6.43. The Morgan fingerprint density at radius 2 is 1.45 bits per heavy atom. The quantitative estimate of drug-likeness (QED) is 0.296. The Morgan fingerprint density at radius 1 is 0.800 bits per heavy atom. The lowest BCUT2D eigenvalue weighted by Gasteiger charge is -2.32. The van der Waals surface area contributed by atoms with Gasteiger partial charge in [-0.05, 0) is 81.6 Å². The number of hydrogen-bond donors (Lipinski definition) is 2. The van der Waals surface area contributed by atoms with E-state index in [1.165, 1.54) is 34.6 Å². The smallest absolute Gasteiger partial charge is 0.242 e. The second-order valence-corrected chi connectivity index (χ2v) is 11.7. The number of fused-ring (bicyclic) bond motifs is 2. The highest BCUT2D eigenvalue weighted by atomic mass is 32.2. The van der Waals surface area contributed by atoms with Crippen LogP contribution in [0.4, 0.5) is 11.4 Å². The zero-order valence-electron chi connectivity index (χ0n) is 23.2. The molecule has 0 bridgehead atoms. The molecular formula is C33H40N4O2S. The first-order valence-corrected chi connectivity index (χ1v) is 15.5. The van der Waals surface area contributed by atoms with Crippen LogP contribution in [0, 0.1) is 0 Å². The van der Waals surface area contributed by atoms with Crippen LogP contribution in [-0.4, -0.2) is 55.5 Å². The zero-order chi connectivity index (χ0) is 27.6. The van der Waals surface area contributed by atoms with E-state index in [0.717, 1.165) is 43.9 Å². The van der Waals surface area contributed by atoms with Gasteiger partial charge in [-0.25, -0.2) is 0 Å². The average Bonchev–Trinajstić information content (AvgIpc) is 2.99. The van der Waals surface area contributed by atoms with Crippen molar-refractivity contribution in [2.45, 2.75) is 60.8 Å². The molecule has 2 aliphatic heterocycles. The first-order valence-electron chi connectivity index (χ1n) is 14.6. The molecule has 3 aromatic carbocycles. The summed E-state index contributed by atoms with van der Waals surface area (Å²) in [4.78, 5) is 33.6. The Kier molecular flexibility index (Phi) is 10.2. The number of rotatable bonds is 12. The van der Waals surface area contributed by atoms with E-state index in [2.05, 4.69) is 69.0 Å². The number of benzene rings is 3. The molecule has 1 atom stereocenters. The molecule has 210 valence electrons. The monoisotopic (exact) mass is 556 g/mol. The van der Waals surface area contributed by atoms with Gasteiger partial charge in [0.15, 0.2) is 0 Å². The van der Waals surface area contributed by atoms with Gasteiger partial charge in [-0.15, -0.1) is 0 Å². The number of carbonyl (C=O) groups is 2. The molecule has 2 amide bonds. The van der Waals surface area contributed by atoms with Gasteiger partial charge in [-0.3, -0.25) is 9.59 Å². The number of nitrogens with zero attached hydrogens (tertiary/aromatic N) is 2. The van der Waals surface area contributed by atoms with Crippen molar-refractivity contribution in [1.29, 1.82) is 0 Å². The lowest BCUT2D eigenvalue weighted by molar-refractivity contribution is -0.129. The third-order valence-electron chi connectivity index (χ3n) is 7.72. The molecule has 1 fully saturated rings. The van der Waals surface area contributed by atoms with Crippen LogP contribution < -0.4 is 15.5 Å². The Balaban J connectivity index is 1.19. The van der Waals surface area contributed by atoms with Gasteiger partial charge in [0.25, 0.3) is 0 Å². The van der Waals surface area contributed by atoms with Crippen LogP contribution in [0.25, 0.3) is 0 Å². The summed E-state index contributed by atoms with van der Waals surface area (Å²) in [5.41, 5.74) is 3.43. The summed E-state index contributed by atoms with van der Waals surface area (Å²) >= 11 is 1.76. The van der Waals surface area contributed by atoms with Gasteiger partial charge in [0.05, 0.1) is 11.4 Å². The molecule has 0 unspecified atom stereocenters. The fourth-order valence-electron chi connectivity index (χ4n) is 5.57. The number of anilines is 2. The minimum absolute atomic E-state index is 0.0885. The van der Waals surface area contributed by atoms with Crippen molar-refractivity contribution in [3.05, 3.63) is 84.4 Å². The van der Waals surface area contributed by atoms with Gasteiger partial charge < -0.3 is 20.4 Å². The fraction of sp³-hybridized carbons (Fsp3) is 0.394. The molecule has 5 rings (SSSR count). The molecule has 0 aliphatic carbocycles. The zero-order valence-corrected chi connectivity index (χ0v) is 24.0. The number of carbonyl (C=O) groups excluding carboxylic acids is 2. The molecule has 40 heavy (non-hydrogen) atoms. The summed E-state index contributed by atoms with van der Waals surface area (Å²) in [5.74, 6) is -0.178. The van der Waals surface area contributed by atoms with Gasteiger partial charge in [0, 0.05) is 29.3 Å². The second kappa shape index (κ2) is 14.4. The van der Waals surface area contributed by atoms with Crippen LogP contribution >= 0.6 is 11.8 Å². The Bertz CT molecular complexity index is 1220. The predicted octanol–water partition coefficient (Wildman–Crippen LogP) is 5.79. The summed E-state index contributed by atoms with van der Waals surface area (Å²) in [7, 11) is 0. The number of likely N-dealkylation sites (tertiary alicyclic amines) is 1. The van der Waals surface area contributed by atoms with E-state index >= 15 is 0 Å². The van der Waals surface area contributed by atoms with E-state index < -0.39 is 6.04 Å². The molecule has 0 radical (unpaired) electrons. The van der Waals surface area contributed by atoms with Crippen LogP contribution in [0.2, 0.25) is 0 Å². The van der Waals surface area contributed by atoms with Crippen molar-refractivity contribution in [3.63, 3.8) is 0 Å². The molecule has 2 aliphatic rings. The Hall–Kier alpha value is -3.29. The van der Waals surface area contributed by atoms with Crippen LogP contribution in [0.15, 0.2) is 88.7 Å². The second-order valence-electron chi connectivity index (χ2n) is 10.6. The Labute approximate surface area is 242 Å². The van der Waals surface area contributed by atoms with Crippen LogP contribution in [0.3, 0.4) is 0 Å². The number of nitrogens with one attached hydrogen (secondary N) is 2.